The minimum absolute atomic E-state index is 0.0706. The molecule has 2 aromatic rings. The summed E-state index contributed by atoms with van der Waals surface area (Å²) in [7, 11) is -5.20. The molecule has 1 aliphatic rings. The van der Waals surface area contributed by atoms with Gasteiger partial charge in [0, 0.05) is 25.8 Å². The highest BCUT2D eigenvalue weighted by Gasteiger charge is 2.50. The highest BCUT2D eigenvalue weighted by atomic mass is 32.2. The van der Waals surface area contributed by atoms with Crippen molar-refractivity contribution in [3.63, 3.8) is 0 Å². The first-order valence-corrected chi connectivity index (χ1v) is 10.3. The van der Waals surface area contributed by atoms with Crippen molar-refractivity contribution in [2.45, 2.75) is 38.2 Å². The third-order valence-electron chi connectivity index (χ3n) is 5.06. The van der Waals surface area contributed by atoms with Gasteiger partial charge >= 0.3 is 15.5 Å². The van der Waals surface area contributed by atoms with E-state index in [9.17, 15) is 21.6 Å². The molecule has 10 heteroatoms. The molecule has 0 aromatic carbocycles. The van der Waals surface area contributed by atoms with Crippen LogP contribution >= 0.6 is 0 Å². The maximum Gasteiger partial charge on any atom is 0.511 e. The van der Waals surface area contributed by atoms with E-state index in [2.05, 4.69) is 10.3 Å². The summed E-state index contributed by atoms with van der Waals surface area (Å²) in [5.41, 5.74) is -2.28. The Labute approximate surface area is 156 Å². The number of aromatic nitrogens is 2. The fourth-order valence-electron chi connectivity index (χ4n) is 3.47. The Morgan fingerprint density at radius 3 is 2.63 bits per heavy atom. The second kappa shape index (κ2) is 7.76. The van der Waals surface area contributed by atoms with E-state index in [1.165, 1.54) is 0 Å². The van der Waals surface area contributed by atoms with E-state index in [0.717, 1.165) is 30.0 Å². The zero-order chi connectivity index (χ0) is 19.7. The van der Waals surface area contributed by atoms with E-state index in [-0.39, 0.29) is 19.0 Å². The number of halogens is 3. The number of hydrogen-bond acceptors (Lipinski definition) is 4. The summed E-state index contributed by atoms with van der Waals surface area (Å²) >= 11 is 0. The third-order valence-corrected chi connectivity index (χ3v) is 6.69. The van der Waals surface area contributed by atoms with Gasteiger partial charge in [0.25, 0.3) is 0 Å². The number of nitrogens with zero attached hydrogens (tertiary/aromatic N) is 3. The van der Waals surface area contributed by atoms with Crippen molar-refractivity contribution in [1.82, 2.24) is 19.0 Å². The van der Waals surface area contributed by atoms with Crippen molar-refractivity contribution in [2.75, 3.05) is 19.6 Å². The van der Waals surface area contributed by atoms with Crippen molar-refractivity contribution in [3.05, 3.63) is 35.8 Å². The molecule has 27 heavy (non-hydrogen) atoms. The van der Waals surface area contributed by atoms with Crippen LogP contribution in [-0.4, -0.2) is 47.3 Å². The molecule has 0 aliphatic carbocycles. The van der Waals surface area contributed by atoms with Gasteiger partial charge in [0.05, 0.1) is 11.4 Å². The minimum Gasteiger partial charge on any atom is -0.311 e. The molecule has 0 radical (unpaired) electrons. The topological polar surface area (TPSA) is 66.7 Å². The predicted octanol–water partition coefficient (Wildman–Crippen LogP) is 2.68. The maximum absolute atomic E-state index is 12.6. The Morgan fingerprint density at radius 2 is 1.96 bits per heavy atom. The molecule has 1 saturated heterocycles. The first-order chi connectivity index (χ1) is 12.7. The fraction of sp³-hybridized carbons (Fsp3) is 0.588. The number of imidazole rings is 1. The second-order valence-electron chi connectivity index (χ2n) is 6.83. The zero-order valence-corrected chi connectivity index (χ0v) is 15.9. The van der Waals surface area contributed by atoms with Crippen LogP contribution in [0.1, 0.15) is 30.7 Å². The largest absolute Gasteiger partial charge is 0.511 e. The molecule has 1 aliphatic heterocycles. The summed E-state index contributed by atoms with van der Waals surface area (Å²) in [4.78, 5) is 4.50. The number of alkyl halides is 3. The zero-order valence-electron chi connectivity index (χ0n) is 15.0. The molecule has 0 spiro atoms. The summed E-state index contributed by atoms with van der Waals surface area (Å²) in [6, 6.07) is 5.82. The molecule has 1 fully saturated rings. The van der Waals surface area contributed by atoms with E-state index in [1.54, 1.807) is 0 Å². The molecule has 0 atom stereocenters. The van der Waals surface area contributed by atoms with Crippen LogP contribution in [0.2, 0.25) is 0 Å². The van der Waals surface area contributed by atoms with Crippen LogP contribution in [-0.2, 0) is 16.6 Å². The lowest BCUT2D eigenvalue weighted by atomic mass is 9.95. The van der Waals surface area contributed by atoms with Gasteiger partial charge in [0.1, 0.15) is 5.65 Å². The Hall–Kier alpha value is -1.65. The average Bonchev–Trinajstić information content (AvgIpc) is 2.93. The van der Waals surface area contributed by atoms with Gasteiger partial charge in [-0.15, -0.1) is 0 Å². The Kier molecular flexibility index (Phi) is 5.78. The number of nitrogens with one attached hydrogen (secondary N) is 1. The molecule has 0 unspecified atom stereocenters. The molecule has 0 saturated carbocycles. The number of piperidine rings is 1. The Morgan fingerprint density at radius 1 is 1.26 bits per heavy atom. The molecule has 3 rings (SSSR count). The standard InChI is InChI=1S/C17H23F3N4O2S/c1-13-15(24-9-3-2-4-16(24)22-13)12-21-8-5-14-6-10-23(11-7-14)27(25,26)17(18,19)20/h2-4,9,14,21H,5-8,10-12H2,1H3. The summed E-state index contributed by atoms with van der Waals surface area (Å²) in [5.74, 6) is 0.223. The Bertz CT molecular complexity index is 887. The summed E-state index contributed by atoms with van der Waals surface area (Å²) in [6.45, 7) is 3.19. The first kappa shape index (κ1) is 20.1. The molecule has 2 aromatic heterocycles. The van der Waals surface area contributed by atoms with Gasteiger partial charge in [0.2, 0.25) is 0 Å². The average molecular weight is 404 g/mol. The summed E-state index contributed by atoms with van der Waals surface area (Å²) in [6.07, 6.45) is 3.66. The Balaban J connectivity index is 1.45. The summed E-state index contributed by atoms with van der Waals surface area (Å²) < 4.78 is 63.2. The van der Waals surface area contributed by atoms with Gasteiger partial charge in [-0.25, -0.2) is 13.4 Å². The second-order valence-corrected chi connectivity index (χ2v) is 8.76. The number of aryl methyl sites for hydroxylation is 1. The lowest BCUT2D eigenvalue weighted by Crippen LogP contribution is -2.45. The van der Waals surface area contributed by atoms with Crippen LogP contribution in [0.4, 0.5) is 13.2 Å². The molecule has 0 bridgehead atoms. The van der Waals surface area contributed by atoms with Crippen LogP contribution in [0.5, 0.6) is 0 Å². The van der Waals surface area contributed by atoms with Crippen molar-refractivity contribution >= 4 is 15.7 Å². The van der Waals surface area contributed by atoms with E-state index >= 15 is 0 Å². The van der Waals surface area contributed by atoms with Crippen LogP contribution < -0.4 is 5.32 Å². The number of fused-ring (bicyclic) bond motifs is 1. The van der Waals surface area contributed by atoms with E-state index in [4.69, 9.17) is 0 Å². The predicted molar refractivity (Wildman–Crippen MR) is 95.5 cm³/mol. The van der Waals surface area contributed by atoms with E-state index < -0.39 is 15.5 Å². The van der Waals surface area contributed by atoms with Crippen molar-refractivity contribution in [2.24, 2.45) is 5.92 Å². The van der Waals surface area contributed by atoms with Gasteiger partial charge in [-0.05, 0) is 50.8 Å². The van der Waals surface area contributed by atoms with Crippen LogP contribution in [0.25, 0.3) is 5.65 Å². The number of rotatable bonds is 6. The monoisotopic (exact) mass is 404 g/mol. The van der Waals surface area contributed by atoms with Crippen molar-refractivity contribution in [1.29, 1.82) is 0 Å². The lowest BCUT2D eigenvalue weighted by molar-refractivity contribution is -0.0497. The van der Waals surface area contributed by atoms with E-state index in [0.29, 0.717) is 23.7 Å². The van der Waals surface area contributed by atoms with Crippen molar-refractivity contribution in [3.8, 4) is 0 Å². The van der Waals surface area contributed by atoms with Crippen molar-refractivity contribution < 1.29 is 21.6 Å². The van der Waals surface area contributed by atoms with Crippen LogP contribution in [0.3, 0.4) is 0 Å². The third kappa shape index (κ3) is 4.27. The van der Waals surface area contributed by atoms with Gasteiger partial charge in [0.15, 0.2) is 0 Å². The summed E-state index contributed by atoms with van der Waals surface area (Å²) in [5, 5.41) is 3.36. The molecule has 3 heterocycles. The molecule has 6 nitrogen and oxygen atoms in total. The highest BCUT2D eigenvalue weighted by molar-refractivity contribution is 7.90. The highest BCUT2D eigenvalue weighted by Crippen LogP contribution is 2.30. The molecule has 1 N–H and O–H groups in total. The molecule has 0 amide bonds. The fourth-order valence-corrected chi connectivity index (χ4v) is 4.46. The van der Waals surface area contributed by atoms with Gasteiger partial charge < -0.3 is 9.72 Å². The molecular weight excluding hydrogens is 381 g/mol. The minimum atomic E-state index is -5.22. The number of sulfonamides is 1. The number of pyridine rings is 1. The molecule has 150 valence electrons. The van der Waals surface area contributed by atoms with Gasteiger partial charge in [-0.1, -0.05) is 6.07 Å². The first-order valence-electron chi connectivity index (χ1n) is 8.90. The molecular formula is C17H23F3N4O2S. The van der Waals surface area contributed by atoms with Crippen LogP contribution in [0, 0.1) is 12.8 Å². The normalized spacial score (nSPS) is 17.6. The maximum atomic E-state index is 12.6. The van der Waals surface area contributed by atoms with Gasteiger partial charge in [-0.2, -0.15) is 17.5 Å². The lowest BCUT2D eigenvalue weighted by Gasteiger charge is -2.31. The van der Waals surface area contributed by atoms with Crippen LogP contribution in [0.15, 0.2) is 24.4 Å². The smallest absolute Gasteiger partial charge is 0.311 e. The quantitative estimate of drug-likeness (QED) is 0.752. The number of hydrogen-bond donors (Lipinski definition) is 1. The van der Waals surface area contributed by atoms with E-state index in [1.807, 2.05) is 35.7 Å². The van der Waals surface area contributed by atoms with Gasteiger partial charge in [-0.3, -0.25) is 0 Å². The SMILES string of the molecule is Cc1nc2ccccn2c1CNCCC1CCN(S(=O)(=O)C(F)(F)F)CC1.